The van der Waals surface area contributed by atoms with Crippen LogP contribution in [0.15, 0.2) is 42.5 Å². The van der Waals surface area contributed by atoms with Gasteiger partial charge < -0.3 is 10.5 Å². The first-order chi connectivity index (χ1) is 10.6. The fraction of sp³-hybridized carbons (Fsp3) is 0.0667. The third-order valence-electron chi connectivity index (χ3n) is 2.93. The summed E-state index contributed by atoms with van der Waals surface area (Å²) in [5.41, 5.74) is 7.49. The molecular formula is C15H11Cl2N3OS. The molecule has 7 heteroatoms. The van der Waals surface area contributed by atoms with Crippen molar-refractivity contribution < 1.29 is 4.74 Å². The summed E-state index contributed by atoms with van der Waals surface area (Å²) in [5.74, 6) is 0.757. The molecule has 0 unspecified atom stereocenters. The van der Waals surface area contributed by atoms with Gasteiger partial charge in [0.15, 0.2) is 0 Å². The van der Waals surface area contributed by atoms with E-state index in [4.69, 9.17) is 33.7 Å². The second-order valence-electron chi connectivity index (χ2n) is 4.51. The zero-order valence-corrected chi connectivity index (χ0v) is 13.6. The molecule has 0 saturated heterocycles. The van der Waals surface area contributed by atoms with Gasteiger partial charge in [-0.25, -0.2) is 0 Å². The number of nitrogen functional groups attached to an aromatic ring is 1. The molecule has 0 spiro atoms. The molecule has 3 aromatic rings. The molecule has 4 nitrogen and oxygen atoms in total. The maximum Gasteiger partial charge on any atom is 0.203 e. The van der Waals surface area contributed by atoms with Gasteiger partial charge in [0.1, 0.15) is 17.4 Å². The van der Waals surface area contributed by atoms with Crippen LogP contribution in [-0.4, -0.2) is 10.2 Å². The van der Waals surface area contributed by atoms with Crippen LogP contribution in [0.2, 0.25) is 10.0 Å². The molecule has 0 aliphatic carbocycles. The summed E-state index contributed by atoms with van der Waals surface area (Å²) in [7, 11) is 0. The highest BCUT2D eigenvalue weighted by Crippen LogP contribution is 2.27. The van der Waals surface area contributed by atoms with Crippen LogP contribution >= 0.6 is 34.5 Å². The van der Waals surface area contributed by atoms with Gasteiger partial charge in [-0.1, -0.05) is 40.6 Å². The summed E-state index contributed by atoms with van der Waals surface area (Å²) in [6.45, 7) is 0.419. The van der Waals surface area contributed by atoms with Crippen LogP contribution in [0.1, 0.15) is 5.56 Å². The molecule has 1 aromatic heterocycles. The van der Waals surface area contributed by atoms with Gasteiger partial charge >= 0.3 is 0 Å². The summed E-state index contributed by atoms with van der Waals surface area (Å²) in [5, 5.41) is 10.1. The summed E-state index contributed by atoms with van der Waals surface area (Å²) >= 11 is 13.2. The average molecular weight is 352 g/mol. The first kappa shape index (κ1) is 15.1. The molecule has 2 aromatic carbocycles. The molecule has 112 valence electrons. The second kappa shape index (κ2) is 6.52. The number of nitrogens with zero attached hydrogens (tertiary/aromatic N) is 2. The van der Waals surface area contributed by atoms with Gasteiger partial charge in [0, 0.05) is 5.56 Å². The predicted octanol–water partition coefficient (Wildman–Crippen LogP) is 4.67. The van der Waals surface area contributed by atoms with Gasteiger partial charge in [0.25, 0.3) is 0 Å². The van der Waals surface area contributed by atoms with Gasteiger partial charge in [-0.05, 0) is 42.0 Å². The Hall–Kier alpha value is -1.82. The van der Waals surface area contributed by atoms with Crippen molar-refractivity contribution >= 4 is 39.7 Å². The van der Waals surface area contributed by atoms with Crippen LogP contribution in [0.25, 0.3) is 10.6 Å². The average Bonchev–Trinajstić information content (AvgIpc) is 2.95. The van der Waals surface area contributed by atoms with E-state index in [-0.39, 0.29) is 0 Å². The van der Waals surface area contributed by atoms with E-state index in [1.165, 1.54) is 11.3 Å². The quantitative estimate of drug-likeness (QED) is 0.741. The Morgan fingerprint density at radius 2 is 1.77 bits per heavy atom. The van der Waals surface area contributed by atoms with Crippen LogP contribution in [0, 0.1) is 0 Å². The van der Waals surface area contributed by atoms with Crippen molar-refractivity contribution in [2.45, 2.75) is 6.61 Å². The molecule has 2 N–H and O–H groups in total. The Bertz CT molecular complexity index is 790. The lowest BCUT2D eigenvalue weighted by atomic mass is 10.2. The largest absolute Gasteiger partial charge is 0.489 e. The van der Waals surface area contributed by atoms with E-state index in [1.807, 2.05) is 30.3 Å². The highest BCUT2D eigenvalue weighted by atomic mass is 35.5. The van der Waals surface area contributed by atoms with Crippen molar-refractivity contribution in [3.63, 3.8) is 0 Å². The lowest BCUT2D eigenvalue weighted by Crippen LogP contribution is -1.95. The van der Waals surface area contributed by atoms with Gasteiger partial charge in [-0.3, -0.25) is 0 Å². The topological polar surface area (TPSA) is 61.0 Å². The van der Waals surface area contributed by atoms with E-state index in [0.717, 1.165) is 21.9 Å². The van der Waals surface area contributed by atoms with Gasteiger partial charge in [0.05, 0.1) is 10.0 Å². The molecule has 0 saturated carbocycles. The number of ether oxygens (including phenoxy) is 1. The van der Waals surface area contributed by atoms with Crippen LogP contribution in [0.5, 0.6) is 5.75 Å². The van der Waals surface area contributed by atoms with Crippen LogP contribution < -0.4 is 10.5 Å². The van der Waals surface area contributed by atoms with Crippen LogP contribution in [0.3, 0.4) is 0 Å². The molecule has 22 heavy (non-hydrogen) atoms. The Morgan fingerprint density at radius 3 is 2.41 bits per heavy atom. The van der Waals surface area contributed by atoms with E-state index in [1.54, 1.807) is 12.1 Å². The Kier molecular flexibility index (Phi) is 4.47. The van der Waals surface area contributed by atoms with Crippen molar-refractivity contribution in [2.75, 3.05) is 5.73 Å². The van der Waals surface area contributed by atoms with Crippen molar-refractivity contribution in [3.05, 3.63) is 58.1 Å². The normalized spacial score (nSPS) is 10.6. The summed E-state index contributed by atoms with van der Waals surface area (Å²) in [6.07, 6.45) is 0. The molecule has 0 bridgehead atoms. The number of halogens is 2. The monoisotopic (exact) mass is 351 g/mol. The SMILES string of the molecule is Nc1nnc(-c2ccc(OCc3ccc(Cl)c(Cl)c3)cc2)s1. The molecule has 1 heterocycles. The van der Waals surface area contributed by atoms with Gasteiger partial charge in [0.2, 0.25) is 5.13 Å². The van der Waals surface area contributed by atoms with Crippen molar-refractivity contribution in [3.8, 4) is 16.3 Å². The Morgan fingerprint density at radius 1 is 1.00 bits per heavy atom. The number of aromatic nitrogens is 2. The number of anilines is 1. The third kappa shape index (κ3) is 3.50. The van der Waals surface area contributed by atoms with Crippen LogP contribution in [0.4, 0.5) is 5.13 Å². The molecule has 0 aliphatic heterocycles. The number of rotatable bonds is 4. The highest BCUT2D eigenvalue weighted by Gasteiger charge is 2.05. The number of benzene rings is 2. The minimum absolute atomic E-state index is 0.419. The van der Waals surface area contributed by atoms with E-state index in [0.29, 0.717) is 21.8 Å². The highest BCUT2D eigenvalue weighted by molar-refractivity contribution is 7.18. The van der Waals surface area contributed by atoms with E-state index < -0.39 is 0 Å². The molecule has 3 rings (SSSR count). The smallest absolute Gasteiger partial charge is 0.203 e. The summed E-state index contributed by atoms with van der Waals surface area (Å²) in [4.78, 5) is 0. The van der Waals surface area contributed by atoms with E-state index in [2.05, 4.69) is 10.2 Å². The third-order valence-corrected chi connectivity index (χ3v) is 4.47. The molecule has 0 amide bonds. The lowest BCUT2D eigenvalue weighted by Gasteiger charge is -2.07. The van der Waals surface area contributed by atoms with Crippen molar-refractivity contribution in [1.29, 1.82) is 0 Å². The van der Waals surface area contributed by atoms with Gasteiger partial charge in [-0.2, -0.15) is 0 Å². The molecular weight excluding hydrogens is 341 g/mol. The minimum atomic E-state index is 0.419. The molecule has 0 radical (unpaired) electrons. The molecule has 0 aliphatic rings. The maximum absolute atomic E-state index is 5.98. The second-order valence-corrected chi connectivity index (χ2v) is 6.33. The van der Waals surface area contributed by atoms with Crippen molar-refractivity contribution in [2.24, 2.45) is 0 Å². The van der Waals surface area contributed by atoms with E-state index >= 15 is 0 Å². The fourth-order valence-electron chi connectivity index (χ4n) is 1.84. The first-order valence-corrected chi connectivity index (χ1v) is 7.95. The Labute approximate surface area is 141 Å². The zero-order chi connectivity index (χ0) is 15.5. The van der Waals surface area contributed by atoms with Gasteiger partial charge in [-0.15, -0.1) is 10.2 Å². The molecule has 0 fully saturated rings. The van der Waals surface area contributed by atoms with E-state index in [9.17, 15) is 0 Å². The van der Waals surface area contributed by atoms with Crippen molar-refractivity contribution in [1.82, 2.24) is 10.2 Å². The number of hydrogen-bond acceptors (Lipinski definition) is 5. The van der Waals surface area contributed by atoms with Crippen LogP contribution in [-0.2, 0) is 6.61 Å². The zero-order valence-electron chi connectivity index (χ0n) is 11.3. The summed E-state index contributed by atoms with van der Waals surface area (Å²) in [6, 6.07) is 13.0. The lowest BCUT2D eigenvalue weighted by molar-refractivity contribution is 0.306. The molecule has 0 atom stereocenters. The first-order valence-electron chi connectivity index (χ1n) is 6.38. The minimum Gasteiger partial charge on any atom is -0.489 e. The predicted molar refractivity (Wildman–Crippen MR) is 90.6 cm³/mol. The number of nitrogens with two attached hydrogens (primary N) is 1. The number of hydrogen-bond donors (Lipinski definition) is 1. The fourth-order valence-corrected chi connectivity index (χ4v) is 2.78. The Balaban J connectivity index is 1.67. The maximum atomic E-state index is 5.98. The standard InChI is InChI=1S/C15H11Cl2N3OS/c16-12-6-1-9(7-13(12)17)8-21-11-4-2-10(3-5-11)14-19-20-15(18)22-14/h1-7H,8H2,(H2,18,20). The summed E-state index contributed by atoms with van der Waals surface area (Å²) < 4.78 is 5.72.